The zero-order valence-electron chi connectivity index (χ0n) is 17.1. The lowest BCUT2D eigenvalue weighted by Gasteiger charge is -2.16. The lowest BCUT2D eigenvalue weighted by molar-refractivity contribution is -0.116. The van der Waals surface area contributed by atoms with Gasteiger partial charge < -0.3 is 10.1 Å². The number of rotatable bonds is 7. The molecule has 0 aliphatic rings. The Balaban J connectivity index is 1.88. The number of halogens is 1. The number of fused-ring (bicyclic) bond motifs is 1. The summed E-state index contributed by atoms with van der Waals surface area (Å²) in [6.45, 7) is 1.60. The molecule has 2 aromatic carbocycles. The fourth-order valence-corrected chi connectivity index (χ4v) is 3.91. The van der Waals surface area contributed by atoms with E-state index in [0.717, 1.165) is 14.9 Å². The smallest absolute Gasteiger partial charge is 0.261 e. The van der Waals surface area contributed by atoms with E-state index in [-0.39, 0.29) is 34.9 Å². The van der Waals surface area contributed by atoms with Gasteiger partial charge in [0.2, 0.25) is 15.9 Å². The van der Waals surface area contributed by atoms with Crippen molar-refractivity contribution in [1.82, 2.24) is 13.9 Å². The Hall–Kier alpha value is -3.31. The highest BCUT2D eigenvalue weighted by Crippen LogP contribution is 2.29. The molecule has 0 fully saturated rings. The number of amides is 1. The fraction of sp³-hybridized carbons (Fsp3) is 0.250. The first-order valence-electron chi connectivity index (χ1n) is 9.27. The van der Waals surface area contributed by atoms with E-state index in [0.29, 0.717) is 5.52 Å². The topological polar surface area (TPSA) is 111 Å². The molecule has 164 valence electrons. The van der Waals surface area contributed by atoms with E-state index in [2.05, 4.69) is 10.3 Å². The van der Waals surface area contributed by atoms with Gasteiger partial charge >= 0.3 is 0 Å². The van der Waals surface area contributed by atoms with E-state index in [1.807, 2.05) is 0 Å². The normalized spacial score (nSPS) is 11.6. The van der Waals surface area contributed by atoms with E-state index >= 15 is 0 Å². The molecule has 0 saturated heterocycles. The van der Waals surface area contributed by atoms with Crippen molar-refractivity contribution in [2.24, 2.45) is 0 Å². The van der Waals surface area contributed by atoms with Crippen LogP contribution < -0.4 is 15.6 Å². The summed E-state index contributed by atoms with van der Waals surface area (Å²) in [4.78, 5) is 29.0. The number of benzene rings is 2. The summed E-state index contributed by atoms with van der Waals surface area (Å²) < 4.78 is 46.1. The van der Waals surface area contributed by atoms with Crippen LogP contribution in [0.15, 0.2) is 52.4 Å². The lowest BCUT2D eigenvalue weighted by atomic mass is 10.2. The van der Waals surface area contributed by atoms with Gasteiger partial charge in [0.25, 0.3) is 5.56 Å². The van der Waals surface area contributed by atoms with Crippen molar-refractivity contribution in [1.29, 1.82) is 0 Å². The SMILES string of the molecule is CCOc1ccc(NC(=O)Cn2cnc3ccc(F)cc3c2=O)cc1S(=O)(=O)N(C)C. The molecule has 3 rings (SSSR count). The summed E-state index contributed by atoms with van der Waals surface area (Å²) in [6, 6.07) is 7.86. The summed E-state index contributed by atoms with van der Waals surface area (Å²) in [5, 5.41) is 2.61. The van der Waals surface area contributed by atoms with E-state index in [1.165, 1.54) is 50.8 Å². The molecule has 0 bridgehead atoms. The molecule has 1 heterocycles. The second kappa shape index (κ2) is 8.82. The maximum absolute atomic E-state index is 13.5. The van der Waals surface area contributed by atoms with Crippen LogP contribution in [0.25, 0.3) is 10.9 Å². The maximum Gasteiger partial charge on any atom is 0.261 e. The highest BCUT2D eigenvalue weighted by Gasteiger charge is 2.23. The number of carbonyl (C=O) groups excluding carboxylic acids is 1. The number of nitrogens with zero attached hydrogens (tertiary/aromatic N) is 3. The average molecular weight is 448 g/mol. The summed E-state index contributed by atoms with van der Waals surface area (Å²) in [6.07, 6.45) is 1.20. The second-order valence-electron chi connectivity index (χ2n) is 6.77. The molecule has 1 N–H and O–H groups in total. The average Bonchev–Trinajstić information content (AvgIpc) is 2.71. The molecule has 0 radical (unpaired) electrons. The van der Waals surface area contributed by atoms with E-state index < -0.39 is 27.3 Å². The Morgan fingerprint density at radius 1 is 1.23 bits per heavy atom. The van der Waals surface area contributed by atoms with Crippen LogP contribution in [0, 0.1) is 5.82 Å². The first-order chi connectivity index (χ1) is 14.6. The first-order valence-corrected chi connectivity index (χ1v) is 10.7. The Labute approximate surface area is 178 Å². The largest absolute Gasteiger partial charge is 0.492 e. The van der Waals surface area contributed by atoms with Crippen molar-refractivity contribution in [2.45, 2.75) is 18.4 Å². The van der Waals surface area contributed by atoms with Crippen LogP contribution in [0.2, 0.25) is 0 Å². The second-order valence-corrected chi connectivity index (χ2v) is 8.89. The van der Waals surface area contributed by atoms with Gasteiger partial charge in [0.15, 0.2) is 0 Å². The van der Waals surface area contributed by atoms with Gasteiger partial charge in [-0.3, -0.25) is 14.2 Å². The van der Waals surface area contributed by atoms with Gasteiger partial charge in [-0.15, -0.1) is 0 Å². The van der Waals surface area contributed by atoms with Crippen molar-refractivity contribution >= 4 is 32.5 Å². The van der Waals surface area contributed by atoms with Crippen LogP contribution in [0.5, 0.6) is 5.75 Å². The maximum atomic E-state index is 13.5. The number of aromatic nitrogens is 2. The number of sulfonamides is 1. The molecule has 0 spiro atoms. The van der Waals surface area contributed by atoms with Crippen LogP contribution >= 0.6 is 0 Å². The molecule has 1 amide bonds. The van der Waals surface area contributed by atoms with Gasteiger partial charge in [0.1, 0.15) is 23.0 Å². The van der Waals surface area contributed by atoms with E-state index in [4.69, 9.17) is 4.74 Å². The first kappa shape index (κ1) is 22.4. The number of anilines is 1. The predicted molar refractivity (Wildman–Crippen MR) is 113 cm³/mol. The Kier molecular flexibility index (Phi) is 6.37. The molecule has 0 saturated carbocycles. The van der Waals surface area contributed by atoms with Gasteiger partial charge in [-0.2, -0.15) is 0 Å². The number of hydrogen-bond donors (Lipinski definition) is 1. The summed E-state index contributed by atoms with van der Waals surface area (Å²) >= 11 is 0. The van der Waals surface area contributed by atoms with Crippen molar-refractivity contribution < 1.29 is 22.3 Å². The fourth-order valence-electron chi connectivity index (χ4n) is 2.86. The van der Waals surface area contributed by atoms with Gasteiger partial charge in [0.05, 0.1) is 23.8 Å². The molecular weight excluding hydrogens is 427 g/mol. The molecule has 0 unspecified atom stereocenters. The van der Waals surface area contributed by atoms with Gasteiger partial charge in [-0.05, 0) is 43.3 Å². The van der Waals surface area contributed by atoms with E-state index in [1.54, 1.807) is 6.92 Å². The third-order valence-corrected chi connectivity index (χ3v) is 6.22. The highest BCUT2D eigenvalue weighted by atomic mass is 32.2. The van der Waals surface area contributed by atoms with Gasteiger partial charge in [-0.25, -0.2) is 22.1 Å². The molecule has 0 aliphatic heterocycles. The van der Waals surface area contributed by atoms with Crippen LogP contribution in [0.4, 0.5) is 10.1 Å². The highest BCUT2D eigenvalue weighted by molar-refractivity contribution is 7.89. The minimum absolute atomic E-state index is 0.0516. The lowest BCUT2D eigenvalue weighted by Crippen LogP contribution is -2.28. The zero-order chi connectivity index (χ0) is 22.8. The third kappa shape index (κ3) is 4.72. The molecule has 31 heavy (non-hydrogen) atoms. The molecule has 9 nitrogen and oxygen atoms in total. The third-order valence-electron chi connectivity index (χ3n) is 4.39. The Morgan fingerprint density at radius 3 is 2.65 bits per heavy atom. The predicted octanol–water partition coefficient (Wildman–Crippen LogP) is 1.82. The molecule has 1 aromatic heterocycles. The number of hydrogen-bond acceptors (Lipinski definition) is 6. The van der Waals surface area contributed by atoms with Crippen LogP contribution in [0.1, 0.15) is 6.92 Å². The summed E-state index contributed by atoms with van der Waals surface area (Å²) in [7, 11) is -1.05. The number of ether oxygens (including phenoxy) is 1. The molecular formula is C20H21FN4O5S. The Morgan fingerprint density at radius 2 is 1.97 bits per heavy atom. The molecule has 0 aliphatic carbocycles. The van der Waals surface area contributed by atoms with Crippen LogP contribution in [-0.4, -0.2) is 48.9 Å². The Bertz CT molecular complexity index is 1300. The summed E-state index contributed by atoms with van der Waals surface area (Å²) in [5.74, 6) is -1.01. The van der Waals surface area contributed by atoms with Crippen molar-refractivity contribution in [3.8, 4) is 5.75 Å². The van der Waals surface area contributed by atoms with Crippen molar-refractivity contribution in [2.75, 3.05) is 26.0 Å². The number of nitrogens with one attached hydrogen (secondary N) is 1. The summed E-state index contributed by atoms with van der Waals surface area (Å²) in [5.41, 5.74) is -0.0444. The van der Waals surface area contributed by atoms with Gasteiger partial charge in [0, 0.05) is 19.8 Å². The molecule has 11 heteroatoms. The molecule has 3 aromatic rings. The standard InChI is InChI=1S/C20H21FN4O5S/c1-4-30-17-8-6-14(10-18(17)31(28,29)24(2)3)23-19(26)11-25-12-22-16-7-5-13(21)9-15(16)20(25)27/h5-10,12H,4,11H2,1-3H3,(H,23,26). The van der Waals surface area contributed by atoms with Gasteiger partial charge in [-0.1, -0.05) is 0 Å². The quantitative estimate of drug-likeness (QED) is 0.590. The van der Waals surface area contributed by atoms with E-state index in [9.17, 15) is 22.4 Å². The van der Waals surface area contributed by atoms with Crippen LogP contribution in [-0.2, 0) is 21.4 Å². The number of carbonyl (C=O) groups is 1. The minimum Gasteiger partial charge on any atom is -0.492 e. The van der Waals surface area contributed by atoms with Crippen LogP contribution in [0.3, 0.4) is 0 Å². The zero-order valence-corrected chi connectivity index (χ0v) is 17.9. The monoisotopic (exact) mass is 448 g/mol. The van der Waals surface area contributed by atoms with Crippen molar-refractivity contribution in [3.05, 3.63) is 58.9 Å². The molecule has 0 atom stereocenters. The van der Waals surface area contributed by atoms with Crippen molar-refractivity contribution in [3.63, 3.8) is 0 Å². The minimum atomic E-state index is -3.83.